The predicted octanol–water partition coefficient (Wildman–Crippen LogP) is 11.0. The van der Waals surface area contributed by atoms with Crippen LogP contribution in [0.5, 0.6) is 0 Å². The van der Waals surface area contributed by atoms with Gasteiger partial charge in [-0.15, -0.1) is 11.3 Å². The molecule has 0 unspecified atom stereocenters. The van der Waals surface area contributed by atoms with Gasteiger partial charge in [-0.05, 0) is 90.4 Å². The lowest BCUT2D eigenvalue weighted by Crippen LogP contribution is -2.03. The number of nitrogens with zero attached hydrogens (tertiary/aromatic N) is 2. The second-order valence-electron chi connectivity index (χ2n) is 11.4. The van der Waals surface area contributed by atoms with Gasteiger partial charge in [-0.3, -0.25) is 0 Å². The highest BCUT2D eigenvalue weighted by Gasteiger charge is 2.11. The van der Waals surface area contributed by atoms with Crippen LogP contribution in [0.4, 0.5) is 0 Å². The van der Waals surface area contributed by atoms with E-state index in [4.69, 9.17) is 11.1 Å². The van der Waals surface area contributed by atoms with Gasteiger partial charge in [0, 0.05) is 48.7 Å². The molecule has 3 N–H and O–H groups in total. The fourth-order valence-electron chi connectivity index (χ4n) is 5.66. The second kappa shape index (κ2) is 14.0. The van der Waals surface area contributed by atoms with E-state index < -0.39 is 0 Å². The van der Waals surface area contributed by atoms with Gasteiger partial charge >= 0.3 is 0 Å². The van der Waals surface area contributed by atoms with E-state index in [1.807, 2.05) is 85.1 Å². The van der Waals surface area contributed by atoms with Crippen molar-refractivity contribution >= 4 is 59.4 Å². The first kappa shape index (κ1) is 31.7. The Hall–Kier alpha value is -6.22. The topological polar surface area (TPSA) is 78.6 Å². The minimum atomic E-state index is 0.348. The van der Waals surface area contributed by atoms with Crippen LogP contribution in [-0.4, -0.2) is 10.3 Å². The molecule has 0 aliphatic carbocycles. The van der Waals surface area contributed by atoms with Crippen LogP contribution in [0, 0.1) is 23.7 Å². The molecule has 0 amide bonds. The molecule has 48 heavy (non-hydrogen) atoms. The third kappa shape index (κ3) is 6.66. The summed E-state index contributed by atoms with van der Waals surface area (Å²) in [7, 11) is 0. The number of aromatic nitrogens is 1. The van der Waals surface area contributed by atoms with E-state index in [9.17, 15) is 5.26 Å². The largest absolute Gasteiger partial charge is 0.398 e. The van der Waals surface area contributed by atoms with Crippen molar-refractivity contribution in [1.82, 2.24) is 4.57 Å². The summed E-state index contributed by atoms with van der Waals surface area (Å²) >= 11 is 1.74. The highest BCUT2D eigenvalue weighted by Crippen LogP contribution is 2.36. The van der Waals surface area contributed by atoms with Crippen LogP contribution in [0.3, 0.4) is 0 Å². The van der Waals surface area contributed by atoms with Crippen LogP contribution in [0.2, 0.25) is 0 Å². The van der Waals surface area contributed by atoms with Crippen molar-refractivity contribution in [2.75, 3.05) is 0 Å². The normalized spacial score (nSPS) is 11.6. The van der Waals surface area contributed by atoms with Crippen LogP contribution in [0.15, 0.2) is 159 Å². The van der Waals surface area contributed by atoms with Gasteiger partial charge in [-0.25, -0.2) is 0 Å². The summed E-state index contributed by atoms with van der Waals surface area (Å²) in [6, 6.07) is 40.8. The molecular weight excluding hydrogens is 605 g/mol. The molecule has 2 heterocycles. The Bertz CT molecular complexity index is 2430. The van der Waals surface area contributed by atoms with E-state index in [0.717, 1.165) is 49.6 Å². The number of nitrogens with one attached hydrogen (secondary N) is 1. The summed E-state index contributed by atoms with van der Waals surface area (Å²) in [5.74, 6) is 0. The third-order valence-corrected chi connectivity index (χ3v) is 9.30. The molecule has 7 rings (SSSR count). The summed E-state index contributed by atoms with van der Waals surface area (Å²) in [6.07, 6.45) is 9.18. The maximum Gasteiger partial charge on any atom is 0.0991 e. The molecule has 0 spiro atoms. The monoisotopic (exact) mass is 638 g/mol. The molecule has 4 nitrogen and oxygen atoms in total. The number of aryl methyl sites for hydroxylation is 1. The smallest absolute Gasteiger partial charge is 0.0991 e. The Kier molecular flexibility index (Phi) is 9.29. The van der Waals surface area contributed by atoms with Gasteiger partial charge in [0.2, 0.25) is 0 Å². The molecule has 5 heteroatoms. The van der Waals surface area contributed by atoms with Crippen molar-refractivity contribution in [3.8, 4) is 11.8 Å². The predicted molar refractivity (Wildman–Crippen MR) is 206 cm³/mol. The second-order valence-corrected chi connectivity index (χ2v) is 12.5. The molecule has 0 radical (unpaired) electrons. The van der Waals surface area contributed by atoms with E-state index >= 15 is 0 Å². The van der Waals surface area contributed by atoms with Gasteiger partial charge in [-0.1, -0.05) is 91.5 Å². The Labute approximate surface area is 284 Å². The van der Waals surface area contributed by atoms with Crippen LogP contribution in [0.25, 0.3) is 48.0 Å². The number of rotatable bonds is 7. The number of allylic oxidation sites excluding steroid dienone is 5. The summed E-state index contributed by atoms with van der Waals surface area (Å²) < 4.78 is 4.50. The van der Waals surface area contributed by atoms with Crippen LogP contribution < -0.4 is 5.73 Å². The van der Waals surface area contributed by atoms with Crippen molar-refractivity contribution in [3.63, 3.8) is 0 Å². The van der Waals surface area contributed by atoms with Crippen LogP contribution in [0.1, 0.15) is 27.8 Å². The van der Waals surface area contributed by atoms with Crippen molar-refractivity contribution in [2.24, 2.45) is 5.73 Å². The van der Waals surface area contributed by atoms with Gasteiger partial charge < -0.3 is 15.7 Å². The summed E-state index contributed by atoms with van der Waals surface area (Å²) in [5, 5.41) is 21.4. The summed E-state index contributed by atoms with van der Waals surface area (Å²) in [4.78, 5) is 0. The van der Waals surface area contributed by atoms with Crippen molar-refractivity contribution in [2.45, 2.75) is 6.92 Å². The van der Waals surface area contributed by atoms with Gasteiger partial charge in [0.15, 0.2) is 0 Å². The molecule has 7 aromatic rings. The number of benzene rings is 5. The molecule has 232 valence electrons. The zero-order valence-electron chi connectivity index (χ0n) is 26.7. The standard InChI is InChI=1S/C36H26N4S.C7H8/c1-3-6-24(4-2)25-7-5-8-26(18-25)32(38)21-33(39)27-10-13-35-30(19-27)31-20-29(11-14-36(31)41-35)40-16-15-28-17-23(22-37)9-12-34(28)40;1-7-5-3-2-4-6-7/h3-21,39H,1-2,38H2;2-6H,1H3/b24-6+,32-21-,39-33?;. The number of nitriles is 1. The van der Waals surface area contributed by atoms with Crippen LogP contribution >= 0.6 is 11.3 Å². The first-order valence-corrected chi connectivity index (χ1v) is 16.3. The van der Waals surface area contributed by atoms with E-state index in [1.165, 1.54) is 15.0 Å². The fraction of sp³-hybridized carbons (Fsp3) is 0.0233. The van der Waals surface area contributed by atoms with Crippen molar-refractivity contribution in [3.05, 3.63) is 187 Å². The summed E-state index contributed by atoms with van der Waals surface area (Å²) in [6.45, 7) is 9.75. The molecule has 0 bridgehead atoms. The number of hydrogen-bond acceptors (Lipinski definition) is 4. The lowest BCUT2D eigenvalue weighted by atomic mass is 10.00. The van der Waals surface area contributed by atoms with E-state index in [1.54, 1.807) is 29.6 Å². The van der Waals surface area contributed by atoms with Crippen molar-refractivity contribution in [1.29, 1.82) is 10.7 Å². The number of fused-ring (bicyclic) bond motifs is 4. The first-order chi connectivity index (χ1) is 23.4. The Balaban J connectivity index is 0.000000510. The molecule has 5 aromatic carbocycles. The molecular formula is C43H34N4S. The minimum absolute atomic E-state index is 0.348. The molecule has 0 atom stereocenters. The zero-order valence-corrected chi connectivity index (χ0v) is 27.5. The Morgan fingerprint density at radius 1 is 0.812 bits per heavy atom. The van der Waals surface area contributed by atoms with Crippen molar-refractivity contribution < 1.29 is 0 Å². The lowest BCUT2D eigenvalue weighted by Gasteiger charge is -2.08. The lowest BCUT2D eigenvalue weighted by molar-refractivity contribution is 1.13. The van der Waals surface area contributed by atoms with Crippen LogP contribution in [-0.2, 0) is 0 Å². The fourth-order valence-corrected chi connectivity index (χ4v) is 6.73. The highest BCUT2D eigenvalue weighted by molar-refractivity contribution is 7.25. The Morgan fingerprint density at radius 2 is 1.56 bits per heavy atom. The minimum Gasteiger partial charge on any atom is -0.398 e. The average Bonchev–Trinajstić information content (AvgIpc) is 3.71. The maximum absolute atomic E-state index is 9.25. The average molecular weight is 639 g/mol. The third-order valence-electron chi connectivity index (χ3n) is 8.15. The summed E-state index contributed by atoms with van der Waals surface area (Å²) in [5.41, 5.74) is 15.0. The van der Waals surface area contributed by atoms with Gasteiger partial charge in [0.1, 0.15) is 0 Å². The molecule has 0 fully saturated rings. The molecule has 2 aromatic heterocycles. The van der Waals surface area contributed by atoms with E-state index in [-0.39, 0.29) is 0 Å². The number of thiophene rings is 1. The van der Waals surface area contributed by atoms with E-state index in [2.05, 4.69) is 73.2 Å². The zero-order chi connectivity index (χ0) is 33.6. The van der Waals surface area contributed by atoms with Gasteiger partial charge in [-0.2, -0.15) is 5.26 Å². The number of nitrogens with two attached hydrogens (primary N) is 1. The van der Waals surface area contributed by atoms with E-state index in [0.29, 0.717) is 17.0 Å². The maximum atomic E-state index is 9.25. The molecule has 0 aliphatic heterocycles. The highest BCUT2D eigenvalue weighted by atomic mass is 32.1. The van der Waals surface area contributed by atoms with Gasteiger partial charge in [0.05, 0.1) is 22.9 Å². The first-order valence-electron chi connectivity index (χ1n) is 15.5. The quantitative estimate of drug-likeness (QED) is 0.135. The molecule has 0 saturated carbocycles. The SMILES string of the molecule is C=C/C=C(\C=C)c1cccc(/C(N)=C/C(=N)c2ccc3sc4ccc(-n5ccc6cc(C#N)ccc65)cc4c3c2)c1.Cc1ccccc1. The Morgan fingerprint density at radius 3 is 2.27 bits per heavy atom. The number of hydrogen-bond donors (Lipinski definition) is 2. The van der Waals surface area contributed by atoms with Gasteiger partial charge in [0.25, 0.3) is 0 Å². The molecule has 0 aliphatic rings. The molecule has 0 saturated heterocycles.